The quantitative estimate of drug-likeness (QED) is 0.789. The molecule has 0 spiro atoms. The van der Waals surface area contributed by atoms with Crippen LogP contribution in [0.4, 0.5) is 23.2 Å². The monoisotopic (exact) mass is 330 g/mol. The topological polar surface area (TPSA) is 50.4 Å². The number of anilines is 1. The van der Waals surface area contributed by atoms with E-state index in [4.69, 9.17) is 0 Å². The Hall–Kier alpha value is -1.54. The van der Waals surface area contributed by atoms with Gasteiger partial charge in [-0.25, -0.2) is 4.39 Å². The maximum atomic E-state index is 13.1. The maximum absolute atomic E-state index is 13.1. The van der Waals surface area contributed by atoms with Crippen LogP contribution in [0.5, 0.6) is 5.75 Å². The molecule has 0 radical (unpaired) electrons. The van der Waals surface area contributed by atoms with Crippen molar-refractivity contribution < 1.29 is 27.1 Å². The lowest BCUT2D eigenvalue weighted by atomic mass is 10.2. The molecule has 0 heterocycles. The van der Waals surface area contributed by atoms with Crippen molar-refractivity contribution in [3.8, 4) is 5.75 Å². The number of carbonyl (C=O) groups excluding carboxylic acids is 1. The zero-order chi connectivity index (χ0) is 15.2. The summed E-state index contributed by atoms with van der Waals surface area (Å²) >= 11 is 0. The molecule has 0 aliphatic carbocycles. The summed E-state index contributed by atoms with van der Waals surface area (Å²) in [6, 6.07) is 2.90. The third-order valence-corrected chi connectivity index (χ3v) is 2.21. The van der Waals surface area contributed by atoms with Gasteiger partial charge in [0, 0.05) is 19.0 Å². The van der Waals surface area contributed by atoms with Crippen LogP contribution >= 0.6 is 12.4 Å². The summed E-state index contributed by atoms with van der Waals surface area (Å²) in [6.45, 7) is -1.13. The van der Waals surface area contributed by atoms with Gasteiger partial charge in [-0.3, -0.25) is 4.79 Å². The third kappa shape index (κ3) is 7.72. The number of amides is 1. The first-order valence-electron chi connectivity index (χ1n) is 5.75. The summed E-state index contributed by atoms with van der Waals surface area (Å²) in [5.41, 5.74) is -0.129. The molecular formula is C12H15ClF4N2O2. The second-order valence-electron chi connectivity index (χ2n) is 3.95. The molecule has 120 valence electrons. The highest BCUT2D eigenvalue weighted by molar-refractivity contribution is 5.92. The van der Waals surface area contributed by atoms with Gasteiger partial charge in [-0.1, -0.05) is 0 Å². The summed E-state index contributed by atoms with van der Waals surface area (Å²) < 4.78 is 53.9. The van der Waals surface area contributed by atoms with Gasteiger partial charge in [0.15, 0.2) is 6.61 Å². The van der Waals surface area contributed by atoms with Gasteiger partial charge in [0.25, 0.3) is 0 Å². The molecule has 0 saturated carbocycles. The van der Waals surface area contributed by atoms with Crippen molar-refractivity contribution in [2.45, 2.75) is 12.6 Å². The van der Waals surface area contributed by atoms with Crippen molar-refractivity contribution in [3.63, 3.8) is 0 Å². The van der Waals surface area contributed by atoms with Gasteiger partial charge in [0.2, 0.25) is 5.91 Å². The molecule has 2 N–H and O–H groups in total. The second-order valence-corrected chi connectivity index (χ2v) is 3.95. The molecule has 0 fully saturated rings. The van der Waals surface area contributed by atoms with E-state index in [0.29, 0.717) is 6.54 Å². The molecule has 1 amide bonds. The molecule has 0 saturated heterocycles. The zero-order valence-corrected chi connectivity index (χ0v) is 11.9. The van der Waals surface area contributed by atoms with Crippen LogP contribution in [0.1, 0.15) is 6.42 Å². The van der Waals surface area contributed by atoms with E-state index < -0.39 is 24.5 Å². The van der Waals surface area contributed by atoms with E-state index in [-0.39, 0.29) is 30.3 Å². The van der Waals surface area contributed by atoms with E-state index in [9.17, 15) is 22.4 Å². The van der Waals surface area contributed by atoms with Crippen LogP contribution in [0, 0.1) is 5.82 Å². The van der Waals surface area contributed by atoms with Gasteiger partial charge in [-0.15, -0.1) is 12.4 Å². The first-order valence-corrected chi connectivity index (χ1v) is 5.75. The lowest BCUT2D eigenvalue weighted by Crippen LogP contribution is -2.21. The highest BCUT2D eigenvalue weighted by Crippen LogP contribution is 2.27. The van der Waals surface area contributed by atoms with Crippen molar-refractivity contribution in [3.05, 3.63) is 24.0 Å². The molecule has 1 aromatic carbocycles. The fourth-order valence-corrected chi connectivity index (χ4v) is 1.34. The number of benzene rings is 1. The van der Waals surface area contributed by atoms with E-state index >= 15 is 0 Å². The standard InChI is InChI=1S/C12H14F4N2O2.ClH/c1-17-5-4-11(19)18-9-6-8(13)2-3-10(9)20-7-12(14,15)16;/h2-3,6,17H,4-5,7H2,1H3,(H,18,19);1H. The summed E-state index contributed by atoms with van der Waals surface area (Å²) in [7, 11) is 1.65. The first kappa shape index (κ1) is 19.5. The Labute approximate surface area is 125 Å². The highest BCUT2D eigenvalue weighted by Gasteiger charge is 2.29. The molecule has 9 heteroatoms. The van der Waals surface area contributed by atoms with Gasteiger partial charge in [0.1, 0.15) is 11.6 Å². The molecule has 21 heavy (non-hydrogen) atoms. The van der Waals surface area contributed by atoms with Gasteiger partial charge < -0.3 is 15.4 Å². The Balaban J connectivity index is 0.00000400. The Kier molecular flexibility index (Phi) is 8.05. The summed E-state index contributed by atoms with van der Waals surface area (Å²) in [5.74, 6) is -1.38. The minimum absolute atomic E-state index is 0. The van der Waals surface area contributed by atoms with Crippen LogP contribution in [0.15, 0.2) is 18.2 Å². The molecule has 0 bridgehead atoms. The summed E-state index contributed by atoms with van der Waals surface area (Å²) in [6.07, 6.45) is -4.41. The predicted octanol–water partition coefficient (Wildman–Crippen LogP) is 2.74. The van der Waals surface area contributed by atoms with Crippen molar-refractivity contribution in [2.24, 2.45) is 0 Å². The van der Waals surface area contributed by atoms with Crippen LogP contribution in [0.25, 0.3) is 0 Å². The van der Waals surface area contributed by atoms with E-state index in [1.165, 1.54) is 0 Å². The van der Waals surface area contributed by atoms with Gasteiger partial charge in [-0.2, -0.15) is 13.2 Å². The molecule has 0 aromatic heterocycles. The Morgan fingerprint density at radius 2 is 2.00 bits per heavy atom. The third-order valence-electron chi connectivity index (χ3n) is 2.21. The fraction of sp³-hybridized carbons (Fsp3) is 0.417. The summed E-state index contributed by atoms with van der Waals surface area (Å²) in [4.78, 5) is 11.5. The molecular weight excluding hydrogens is 316 g/mol. The van der Waals surface area contributed by atoms with E-state index in [0.717, 1.165) is 18.2 Å². The number of carbonyl (C=O) groups is 1. The molecule has 1 rings (SSSR count). The average molecular weight is 331 g/mol. The highest BCUT2D eigenvalue weighted by atomic mass is 35.5. The van der Waals surface area contributed by atoms with E-state index in [1.54, 1.807) is 7.05 Å². The number of ether oxygens (including phenoxy) is 1. The number of hydrogen-bond acceptors (Lipinski definition) is 3. The van der Waals surface area contributed by atoms with Crippen LogP contribution in [0.2, 0.25) is 0 Å². The Morgan fingerprint density at radius 1 is 1.33 bits per heavy atom. The minimum atomic E-state index is -4.51. The maximum Gasteiger partial charge on any atom is 0.422 e. The normalized spacial score (nSPS) is 10.7. The molecule has 0 atom stereocenters. The SMILES string of the molecule is CNCCC(=O)Nc1cc(F)ccc1OCC(F)(F)F.Cl. The Morgan fingerprint density at radius 3 is 2.57 bits per heavy atom. The lowest BCUT2D eigenvalue weighted by Gasteiger charge is -2.14. The predicted molar refractivity (Wildman–Crippen MR) is 72.4 cm³/mol. The average Bonchev–Trinajstić information content (AvgIpc) is 2.34. The summed E-state index contributed by atoms with van der Waals surface area (Å²) in [5, 5.41) is 5.05. The molecule has 1 aromatic rings. The number of nitrogens with one attached hydrogen (secondary N) is 2. The molecule has 0 aliphatic rings. The number of hydrogen-bond donors (Lipinski definition) is 2. The van der Waals surface area contributed by atoms with E-state index in [2.05, 4.69) is 15.4 Å². The molecule has 0 aliphatic heterocycles. The smallest absolute Gasteiger partial charge is 0.422 e. The van der Waals surface area contributed by atoms with Gasteiger partial charge in [0.05, 0.1) is 5.69 Å². The van der Waals surface area contributed by atoms with Crippen LogP contribution in [0.3, 0.4) is 0 Å². The first-order chi connectivity index (χ1) is 9.31. The largest absolute Gasteiger partial charge is 0.482 e. The van der Waals surface area contributed by atoms with Crippen LogP contribution in [-0.2, 0) is 4.79 Å². The Bertz CT molecular complexity index is 469. The number of halogens is 5. The number of rotatable bonds is 6. The second kappa shape index (κ2) is 8.68. The van der Waals surface area contributed by atoms with Crippen molar-refractivity contribution in [1.29, 1.82) is 0 Å². The minimum Gasteiger partial charge on any atom is -0.482 e. The number of alkyl halides is 3. The van der Waals surface area contributed by atoms with E-state index in [1.807, 2.05) is 0 Å². The lowest BCUT2D eigenvalue weighted by molar-refractivity contribution is -0.153. The molecule has 4 nitrogen and oxygen atoms in total. The van der Waals surface area contributed by atoms with Crippen molar-refractivity contribution >= 4 is 24.0 Å². The zero-order valence-electron chi connectivity index (χ0n) is 11.1. The van der Waals surface area contributed by atoms with Crippen LogP contribution < -0.4 is 15.4 Å². The van der Waals surface area contributed by atoms with Gasteiger partial charge in [-0.05, 0) is 19.2 Å². The van der Waals surface area contributed by atoms with Crippen molar-refractivity contribution in [2.75, 3.05) is 25.5 Å². The molecule has 0 unspecified atom stereocenters. The van der Waals surface area contributed by atoms with Gasteiger partial charge >= 0.3 is 6.18 Å². The van der Waals surface area contributed by atoms with Crippen molar-refractivity contribution in [1.82, 2.24) is 5.32 Å². The fourth-order valence-electron chi connectivity index (χ4n) is 1.34. The van der Waals surface area contributed by atoms with Crippen LogP contribution in [-0.4, -0.2) is 32.3 Å².